The molecule has 128 valence electrons. The third-order valence-electron chi connectivity index (χ3n) is 3.95. The number of nitrogens with one attached hydrogen (secondary N) is 2. The van der Waals surface area contributed by atoms with Crippen LogP contribution in [-0.2, 0) is 12.8 Å². The molecule has 2 amide bonds. The van der Waals surface area contributed by atoms with Crippen LogP contribution in [0.5, 0.6) is 0 Å². The lowest BCUT2D eigenvalue weighted by Gasteiger charge is -2.16. The zero-order valence-corrected chi connectivity index (χ0v) is 14.0. The molecule has 0 radical (unpaired) electrons. The van der Waals surface area contributed by atoms with Crippen LogP contribution in [0.2, 0.25) is 0 Å². The minimum atomic E-state index is -0.886. The van der Waals surface area contributed by atoms with Crippen LogP contribution in [0.3, 0.4) is 0 Å². The number of halogens is 1. The number of amides is 2. The molecule has 0 aromatic heterocycles. The maximum Gasteiger partial charge on any atom is 0.319 e. The van der Waals surface area contributed by atoms with Gasteiger partial charge in [-0.15, -0.1) is 0 Å². The largest absolute Gasteiger partial charge is 0.387 e. The number of aryl methyl sites for hydroxylation is 2. The summed E-state index contributed by atoms with van der Waals surface area (Å²) in [4.78, 5) is 12.1. The lowest BCUT2D eigenvalue weighted by Crippen LogP contribution is -2.33. The van der Waals surface area contributed by atoms with Gasteiger partial charge in [0.1, 0.15) is 5.82 Å². The van der Waals surface area contributed by atoms with Crippen LogP contribution in [0.25, 0.3) is 0 Å². The lowest BCUT2D eigenvalue weighted by atomic mass is 10.0. The van der Waals surface area contributed by atoms with E-state index >= 15 is 0 Å². The summed E-state index contributed by atoms with van der Waals surface area (Å²) in [5.74, 6) is -0.361. The van der Waals surface area contributed by atoms with E-state index in [-0.39, 0.29) is 18.4 Å². The molecule has 1 unspecified atom stereocenters. The van der Waals surface area contributed by atoms with Crippen LogP contribution in [0.15, 0.2) is 42.5 Å². The van der Waals surface area contributed by atoms with Gasteiger partial charge >= 0.3 is 6.03 Å². The summed E-state index contributed by atoms with van der Waals surface area (Å²) in [5, 5.41) is 15.6. The first-order chi connectivity index (χ1) is 11.5. The average Bonchev–Trinajstić information content (AvgIpc) is 2.60. The monoisotopic (exact) mass is 330 g/mol. The summed E-state index contributed by atoms with van der Waals surface area (Å²) in [6.45, 7) is 4.12. The maximum atomic E-state index is 12.9. The number of anilines is 1. The Morgan fingerprint density at radius 2 is 1.67 bits per heavy atom. The van der Waals surface area contributed by atoms with Crippen molar-refractivity contribution in [3.8, 4) is 0 Å². The Bertz CT molecular complexity index is 664. The van der Waals surface area contributed by atoms with Gasteiger partial charge < -0.3 is 15.7 Å². The molecule has 0 heterocycles. The van der Waals surface area contributed by atoms with Crippen molar-refractivity contribution in [2.75, 3.05) is 11.9 Å². The van der Waals surface area contributed by atoms with Crippen molar-refractivity contribution in [2.24, 2.45) is 0 Å². The van der Waals surface area contributed by atoms with E-state index in [2.05, 4.69) is 10.6 Å². The summed E-state index contributed by atoms with van der Waals surface area (Å²) in [7, 11) is 0. The molecule has 0 aliphatic rings. The highest BCUT2D eigenvalue weighted by molar-refractivity contribution is 5.91. The molecule has 0 aliphatic heterocycles. The van der Waals surface area contributed by atoms with Crippen molar-refractivity contribution >= 4 is 11.7 Å². The van der Waals surface area contributed by atoms with Crippen molar-refractivity contribution in [1.82, 2.24) is 5.32 Å². The van der Waals surface area contributed by atoms with E-state index < -0.39 is 6.10 Å². The van der Waals surface area contributed by atoms with Gasteiger partial charge in [-0.2, -0.15) is 0 Å². The van der Waals surface area contributed by atoms with Gasteiger partial charge in [0.2, 0.25) is 0 Å². The van der Waals surface area contributed by atoms with Crippen molar-refractivity contribution in [2.45, 2.75) is 32.8 Å². The normalized spacial score (nSPS) is 11.8. The van der Waals surface area contributed by atoms with Gasteiger partial charge in [-0.05, 0) is 41.7 Å². The van der Waals surface area contributed by atoms with Gasteiger partial charge in [-0.25, -0.2) is 9.18 Å². The summed E-state index contributed by atoms with van der Waals surface area (Å²) < 4.78 is 12.9. The number of hydrogen-bond donors (Lipinski definition) is 3. The number of rotatable bonds is 6. The molecular formula is C19H23FN2O2. The van der Waals surface area contributed by atoms with E-state index in [9.17, 15) is 14.3 Å². The molecule has 24 heavy (non-hydrogen) atoms. The molecule has 2 aromatic rings. The van der Waals surface area contributed by atoms with E-state index in [4.69, 9.17) is 0 Å². The Balaban J connectivity index is 1.97. The number of hydrogen-bond acceptors (Lipinski definition) is 2. The summed E-state index contributed by atoms with van der Waals surface area (Å²) >= 11 is 0. The van der Waals surface area contributed by atoms with E-state index in [1.807, 2.05) is 32.0 Å². The Morgan fingerprint density at radius 3 is 2.21 bits per heavy atom. The molecule has 0 fully saturated rings. The second-order valence-electron chi connectivity index (χ2n) is 5.56. The highest BCUT2D eigenvalue weighted by Crippen LogP contribution is 2.22. The molecule has 2 aromatic carbocycles. The molecule has 0 saturated heterocycles. The summed E-state index contributed by atoms with van der Waals surface area (Å²) in [6, 6.07) is 11.2. The fourth-order valence-electron chi connectivity index (χ4n) is 2.55. The second-order valence-corrected chi connectivity index (χ2v) is 5.56. The van der Waals surface area contributed by atoms with E-state index in [0.29, 0.717) is 5.56 Å². The van der Waals surface area contributed by atoms with Gasteiger partial charge in [-0.1, -0.05) is 44.2 Å². The first-order valence-electron chi connectivity index (χ1n) is 8.14. The van der Waals surface area contributed by atoms with Gasteiger partial charge in [0, 0.05) is 12.2 Å². The Hall–Kier alpha value is -2.40. The molecule has 5 heteroatoms. The fraction of sp³-hybridized carbons (Fsp3) is 0.316. The minimum Gasteiger partial charge on any atom is -0.387 e. The van der Waals surface area contributed by atoms with Crippen molar-refractivity contribution in [3.63, 3.8) is 0 Å². The molecule has 0 bridgehead atoms. The fourth-order valence-corrected chi connectivity index (χ4v) is 2.55. The van der Waals surface area contributed by atoms with Crippen LogP contribution in [-0.4, -0.2) is 17.7 Å². The number of benzene rings is 2. The number of aliphatic hydroxyl groups excluding tert-OH is 1. The summed E-state index contributed by atoms with van der Waals surface area (Å²) in [6.07, 6.45) is 0.756. The van der Waals surface area contributed by atoms with Gasteiger partial charge in [0.05, 0.1) is 6.10 Å². The number of para-hydroxylation sites is 1. The van der Waals surface area contributed by atoms with Gasteiger partial charge in [0.25, 0.3) is 0 Å². The summed E-state index contributed by atoms with van der Waals surface area (Å²) in [5.41, 5.74) is 3.53. The second kappa shape index (κ2) is 8.45. The van der Waals surface area contributed by atoms with Crippen molar-refractivity contribution in [1.29, 1.82) is 0 Å². The molecule has 4 nitrogen and oxygen atoms in total. The van der Waals surface area contributed by atoms with Crippen molar-refractivity contribution < 1.29 is 14.3 Å². The van der Waals surface area contributed by atoms with Crippen LogP contribution in [0.1, 0.15) is 36.6 Å². The van der Waals surface area contributed by atoms with Gasteiger partial charge in [0.15, 0.2) is 0 Å². The zero-order chi connectivity index (χ0) is 17.5. The van der Waals surface area contributed by atoms with Crippen LogP contribution < -0.4 is 10.6 Å². The molecular weight excluding hydrogens is 307 g/mol. The van der Waals surface area contributed by atoms with E-state index in [0.717, 1.165) is 29.7 Å². The maximum absolute atomic E-state index is 12.9. The minimum absolute atomic E-state index is 0.0488. The standard InChI is InChI=1S/C19H23FN2O2/c1-3-13-6-5-7-14(4-2)18(13)22-19(24)21-12-17(23)15-8-10-16(20)11-9-15/h5-11,17,23H,3-4,12H2,1-2H3,(H2,21,22,24). The smallest absolute Gasteiger partial charge is 0.319 e. The quantitative estimate of drug-likeness (QED) is 0.754. The molecule has 1 atom stereocenters. The predicted molar refractivity (Wildman–Crippen MR) is 93.6 cm³/mol. The Morgan fingerprint density at radius 1 is 1.08 bits per heavy atom. The SMILES string of the molecule is CCc1cccc(CC)c1NC(=O)NCC(O)c1ccc(F)cc1. The van der Waals surface area contributed by atoms with E-state index in [1.165, 1.54) is 24.3 Å². The highest BCUT2D eigenvalue weighted by Gasteiger charge is 2.12. The third kappa shape index (κ3) is 4.55. The van der Waals surface area contributed by atoms with Crippen LogP contribution in [0.4, 0.5) is 14.9 Å². The molecule has 0 aliphatic carbocycles. The molecule has 0 spiro atoms. The van der Waals surface area contributed by atoms with Gasteiger partial charge in [-0.3, -0.25) is 0 Å². The number of carbonyl (C=O) groups excluding carboxylic acids is 1. The highest BCUT2D eigenvalue weighted by atomic mass is 19.1. The first-order valence-corrected chi connectivity index (χ1v) is 8.14. The predicted octanol–water partition coefficient (Wildman–Crippen LogP) is 3.81. The van der Waals surface area contributed by atoms with Crippen molar-refractivity contribution in [3.05, 3.63) is 65.0 Å². The number of aliphatic hydroxyl groups is 1. The first kappa shape index (κ1) is 17.9. The zero-order valence-electron chi connectivity index (χ0n) is 14.0. The Labute approximate surface area is 141 Å². The molecule has 2 rings (SSSR count). The van der Waals surface area contributed by atoms with E-state index in [1.54, 1.807) is 0 Å². The van der Waals surface area contributed by atoms with Crippen LogP contribution >= 0.6 is 0 Å². The third-order valence-corrected chi connectivity index (χ3v) is 3.95. The Kier molecular flexibility index (Phi) is 6.32. The molecule has 3 N–H and O–H groups in total. The number of urea groups is 1. The number of carbonyl (C=O) groups is 1. The topological polar surface area (TPSA) is 61.4 Å². The lowest BCUT2D eigenvalue weighted by molar-refractivity contribution is 0.175. The average molecular weight is 330 g/mol. The van der Waals surface area contributed by atoms with Crippen LogP contribution in [0, 0.1) is 5.82 Å². The molecule has 0 saturated carbocycles.